The van der Waals surface area contributed by atoms with Gasteiger partial charge in [-0.1, -0.05) is 24.3 Å². The molecule has 0 spiro atoms. The van der Waals surface area contributed by atoms with Crippen molar-refractivity contribution in [2.24, 2.45) is 0 Å². The number of ether oxygens (including phenoxy) is 1. The van der Waals surface area contributed by atoms with E-state index in [0.717, 1.165) is 5.56 Å². The van der Waals surface area contributed by atoms with E-state index in [1.165, 1.54) is 24.3 Å². The molecule has 0 aliphatic heterocycles. The lowest BCUT2D eigenvalue weighted by Gasteiger charge is -2.21. The van der Waals surface area contributed by atoms with Gasteiger partial charge in [0.1, 0.15) is 11.3 Å². The highest BCUT2D eigenvalue weighted by atomic mass is 16.5. The van der Waals surface area contributed by atoms with Crippen molar-refractivity contribution in [1.82, 2.24) is 10.2 Å². The van der Waals surface area contributed by atoms with E-state index in [1.54, 1.807) is 23.1 Å². The molecule has 1 atom stereocenters. The van der Waals surface area contributed by atoms with E-state index in [9.17, 15) is 29.5 Å². The lowest BCUT2D eigenvalue weighted by molar-refractivity contribution is -0.120. The van der Waals surface area contributed by atoms with E-state index >= 15 is 0 Å². The quantitative estimate of drug-likeness (QED) is 0.148. The Balaban J connectivity index is 2.21. The van der Waals surface area contributed by atoms with Crippen LogP contribution in [0.4, 0.5) is 0 Å². The average Bonchev–Trinajstić information content (AvgIpc) is 2.80. The smallest absolute Gasteiger partial charge is 0.475 e. The third kappa shape index (κ3) is 7.64. The van der Waals surface area contributed by atoms with Gasteiger partial charge in [-0.05, 0) is 35.7 Å². The largest absolute Gasteiger partial charge is 0.478 e. The molecule has 11 nitrogen and oxygen atoms in total. The van der Waals surface area contributed by atoms with E-state index in [0.29, 0.717) is 19.6 Å². The Hall–Kier alpha value is -3.29. The fourth-order valence-corrected chi connectivity index (χ4v) is 3.44. The number of carbonyl (C=O) groups excluding carboxylic acids is 2. The monoisotopic (exact) mass is 474 g/mol. The van der Waals surface area contributed by atoms with Crippen LogP contribution in [0.15, 0.2) is 42.5 Å². The first-order chi connectivity index (χ1) is 16.3. The maximum atomic E-state index is 12.8. The third-order valence-electron chi connectivity index (χ3n) is 5.04. The summed E-state index contributed by atoms with van der Waals surface area (Å²) < 4.78 is 4.81. The minimum atomic E-state index is -1.99. The van der Waals surface area contributed by atoms with Gasteiger partial charge in [0.15, 0.2) is 0 Å². The van der Waals surface area contributed by atoms with E-state index in [4.69, 9.17) is 14.9 Å². The highest BCUT2D eigenvalue weighted by molar-refractivity contribution is 6.43. The van der Waals surface area contributed by atoms with Gasteiger partial charge >= 0.3 is 13.1 Å². The summed E-state index contributed by atoms with van der Waals surface area (Å²) in [4.78, 5) is 36.9. The molecule has 0 radical (unpaired) electrons. The van der Waals surface area contributed by atoms with E-state index in [-0.39, 0.29) is 48.5 Å². The molecule has 2 aromatic rings. The van der Waals surface area contributed by atoms with Crippen molar-refractivity contribution >= 4 is 25.5 Å². The Labute approximate surface area is 196 Å². The van der Waals surface area contributed by atoms with Crippen molar-refractivity contribution < 1.29 is 44.5 Å². The second-order valence-corrected chi connectivity index (χ2v) is 7.43. The second-order valence-electron chi connectivity index (χ2n) is 7.43. The first-order valence-electron chi connectivity index (χ1n) is 10.5. The zero-order chi connectivity index (χ0) is 25.1. The number of carboxylic acid groups (broad SMARTS) is 1. The number of aliphatic hydroxyl groups is 2. The molecule has 2 aromatic carbocycles. The first-order valence-corrected chi connectivity index (χ1v) is 10.5. The molecule has 2 rings (SSSR count). The number of amides is 1. The van der Waals surface area contributed by atoms with Crippen molar-refractivity contribution in [3.8, 4) is 5.75 Å². The van der Waals surface area contributed by atoms with Crippen LogP contribution in [0.2, 0.25) is 0 Å². The standard InChI is InChI=1S/C22H27BN2O9/c26-9-7-25(8-10-27)13-15-3-1-5-17(11-15)21(29)24-19(23(32)33)12-16-4-2-6-18(22(30)31)20(16)34-14-28/h1-6,11,14,19,26-27,32-33H,7-10,12-13H2,(H,24,29)(H,30,31)/t19-/m0/s1. The van der Waals surface area contributed by atoms with Crippen LogP contribution in [-0.4, -0.2) is 88.0 Å². The molecule has 0 aliphatic carbocycles. The topological polar surface area (TPSA) is 177 Å². The lowest BCUT2D eigenvalue weighted by Crippen LogP contribution is -2.48. The van der Waals surface area contributed by atoms with Crippen molar-refractivity contribution in [2.45, 2.75) is 18.9 Å². The minimum Gasteiger partial charge on any atom is -0.478 e. The van der Waals surface area contributed by atoms with Crippen molar-refractivity contribution in [2.75, 3.05) is 26.3 Å². The van der Waals surface area contributed by atoms with Crippen LogP contribution in [0.5, 0.6) is 5.75 Å². The molecule has 1 amide bonds. The Bertz CT molecular complexity index is 981. The van der Waals surface area contributed by atoms with Crippen molar-refractivity contribution in [1.29, 1.82) is 0 Å². The van der Waals surface area contributed by atoms with Gasteiger partial charge in [0, 0.05) is 25.2 Å². The molecule has 0 aromatic heterocycles. The molecule has 12 heteroatoms. The molecular weight excluding hydrogens is 447 g/mol. The Morgan fingerprint density at radius 2 is 1.76 bits per heavy atom. The number of nitrogens with zero attached hydrogens (tertiary/aromatic N) is 1. The number of hydrogen-bond acceptors (Lipinski definition) is 9. The number of aromatic carboxylic acids is 1. The van der Waals surface area contributed by atoms with Crippen molar-refractivity contribution in [3.05, 3.63) is 64.7 Å². The first kappa shape index (κ1) is 27.0. The number of benzene rings is 2. The van der Waals surface area contributed by atoms with Gasteiger partial charge in [-0.3, -0.25) is 14.5 Å². The highest BCUT2D eigenvalue weighted by Crippen LogP contribution is 2.25. The minimum absolute atomic E-state index is 0.0661. The van der Waals surface area contributed by atoms with Crippen LogP contribution >= 0.6 is 0 Å². The molecule has 0 fully saturated rings. The van der Waals surface area contributed by atoms with Gasteiger partial charge in [0.2, 0.25) is 0 Å². The van der Waals surface area contributed by atoms with Crippen LogP contribution in [0.25, 0.3) is 0 Å². The summed E-state index contributed by atoms with van der Waals surface area (Å²) in [7, 11) is -1.99. The number of rotatable bonds is 14. The van der Waals surface area contributed by atoms with Crippen LogP contribution in [0, 0.1) is 0 Å². The molecule has 34 heavy (non-hydrogen) atoms. The maximum Gasteiger partial charge on any atom is 0.475 e. The predicted molar refractivity (Wildman–Crippen MR) is 121 cm³/mol. The van der Waals surface area contributed by atoms with E-state index in [2.05, 4.69) is 5.32 Å². The third-order valence-corrected chi connectivity index (χ3v) is 5.04. The van der Waals surface area contributed by atoms with Gasteiger partial charge in [-0.15, -0.1) is 0 Å². The molecule has 0 saturated carbocycles. The molecule has 0 saturated heterocycles. The number of nitrogens with one attached hydrogen (secondary N) is 1. The molecule has 0 aliphatic rings. The summed E-state index contributed by atoms with van der Waals surface area (Å²) in [6, 6.07) is 10.7. The van der Waals surface area contributed by atoms with Crippen LogP contribution < -0.4 is 10.1 Å². The van der Waals surface area contributed by atoms with Crippen molar-refractivity contribution in [3.63, 3.8) is 0 Å². The van der Waals surface area contributed by atoms with Gasteiger partial charge in [0.25, 0.3) is 12.4 Å². The Morgan fingerprint density at radius 3 is 2.35 bits per heavy atom. The van der Waals surface area contributed by atoms with Gasteiger partial charge in [-0.2, -0.15) is 0 Å². The van der Waals surface area contributed by atoms with Crippen LogP contribution in [0.3, 0.4) is 0 Å². The normalized spacial score (nSPS) is 11.7. The van der Waals surface area contributed by atoms with Gasteiger partial charge < -0.3 is 35.4 Å². The molecule has 0 unspecified atom stereocenters. The van der Waals surface area contributed by atoms with Gasteiger partial charge in [0.05, 0.1) is 19.2 Å². The lowest BCUT2D eigenvalue weighted by atomic mass is 9.75. The number of carbonyl (C=O) groups is 3. The van der Waals surface area contributed by atoms with Crippen LogP contribution in [-0.2, 0) is 17.8 Å². The molecule has 182 valence electrons. The second kappa shape index (κ2) is 13.4. The molecular formula is C22H27BN2O9. The maximum absolute atomic E-state index is 12.8. The fraction of sp³-hybridized carbons (Fsp3) is 0.318. The summed E-state index contributed by atoms with van der Waals surface area (Å²) in [5, 5.41) is 49.8. The predicted octanol–water partition coefficient (Wildman–Crippen LogP) is -0.940. The summed E-state index contributed by atoms with van der Waals surface area (Å²) in [6.45, 7) is 0.955. The number of carboxylic acids is 1. The molecule has 6 N–H and O–H groups in total. The van der Waals surface area contributed by atoms with E-state index in [1.807, 2.05) is 0 Å². The summed E-state index contributed by atoms with van der Waals surface area (Å²) in [5.74, 6) is -3.44. The zero-order valence-electron chi connectivity index (χ0n) is 18.3. The number of hydrogen-bond donors (Lipinski definition) is 6. The number of aliphatic hydroxyl groups excluding tert-OH is 2. The molecule has 0 bridgehead atoms. The average molecular weight is 474 g/mol. The zero-order valence-corrected chi connectivity index (χ0v) is 18.3. The molecule has 0 heterocycles. The number of para-hydroxylation sites is 1. The Morgan fingerprint density at radius 1 is 1.09 bits per heavy atom. The van der Waals surface area contributed by atoms with E-state index < -0.39 is 24.9 Å². The fourth-order valence-electron chi connectivity index (χ4n) is 3.44. The summed E-state index contributed by atoms with van der Waals surface area (Å²) in [6.07, 6.45) is -0.228. The summed E-state index contributed by atoms with van der Waals surface area (Å²) in [5.41, 5.74) is 0.874. The van der Waals surface area contributed by atoms with Gasteiger partial charge in [-0.25, -0.2) is 4.79 Å². The Kier molecular flexibility index (Phi) is 10.6. The summed E-state index contributed by atoms with van der Waals surface area (Å²) >= 11 is 0. The SMILES string of the molecule is O=COc1c(C[C@H](NC(=O)c2cccc(CN(CCO)CCO)c2)B(O)O)cccc1C(=O)O. The highest BCUT2D eigenvalue weighted by Gasteiger charge is 2.28. The van der Waals surface area contributed by atoms with Crippen LogP contribution in [0.1, 0.15) is 31.8 Å².